The van der Waals surface area contributed by atoms with Crippen molar-refractivity contribution < 1.29 is 0 Å². The largest absolute Gasteiger partial charge is 0.311 e. The number of piperazine rings is 1. The van der Waals surface area contributed by atoms with Crippen LogP contribution in [-0.2, 0) is 0 Å². The van der Waals surface area contributed by atoms with Crippen molar-refractivity contribution in [1.29, 1.82) is 0 Å². The Hall–Kier alpha value is -0.0800. The van der Waals surface area contributed by atoms with Crippen molar-refractivity contribution in [3.63, 3.8) is 0 Å². The third-order valence-electron chi connectivity index (χ3n) is 4.84. The van der Waals surface area contributed by atoms with E-state index in [2.05, 4.69) is 37.9 Å². The maximum atomic E-state index is 3.68. The third kappa shape index (κ3) is 3.45. The summed E-state index contributed by atoms with van der Waals surface area (Å²) in [6.45, 7) is 14.5. The number of rotatable bonds is 2. The topological polar surface area (TPSA) is 15.3 Å². The van der Waals surface area contributed by atoms with Crippen molar-refractivity contribution in [3.8, 4) is 0 Å². The Morgan fingerprint density at radius 3 is 2.59 bits per heavy atom. The Morgan fingerprint density at radius 2 is 2.00 bits per heavy atom. The van der Waals surface area contributed by atoms with E-state index in [1.54, 1.807) is 0 Å². The van der Waals surface area contributed by atoms with Crippen LogP contribution in [0.25, 0.3) is 0 Å². The Kier molecular flexibility index (Phi) is 4.14. The van der Waals surface area contributed by atoms with E-state index in [0.717, 1.165) is 11.8 Å². The molecule has 3 atom stereocenters. The minimum atomic E-state index is 0.389. The van der Waals surface area contributed by atoms with Crippen molar-refractivity contribution >= 4 is 0 Å². The molecule has 0 spiro atoms. The fraction of sp³-hybridized carbons (Fsp3) is 1.00. The van der Waals surface area contributed by atoms with Crippen LogP contribution in [0.3, 0.4) is 0 Å². The van der Waals surface area contributed by atoms with Gasteiger partial charge in [0.25, 0.3) is 0 Å². The lowest BCUT2D eigenvalue weighted by Crippen LogP contribution is -2.56. The van der Waals surface area contributed by atoms with Gasteiger partial charge in [-0.25, -0.2) is 0 Å². The zero-order chi connectivity index (χ0) is 12.5. The minimum absolute atomic E-state index is 0.389. The van der Waals surface area contributed by atoms with E-state index in [4.69, 9.17) is 0 Å². The molecule has 2 nitrogen and oxygen atoms in total. The molecule has 0 radical (unpaired) electrons. The summed E-state index contributed by atoms with van der Waals surface area (Å²) in [5, 5.41) is 3.68. The van der Waals surface area contributed by atoms with Gasteiger partial charge in [-0.3, -0.25) is 0 Å². The summed E-state index contributed by atoms with van der Waals surface area (Å²) in [5.41, 5.74) is 0.389. The molecule has 1 aliphatic heterocycles. The fourth-order valence-electron chi connectivity index (χ4n) is 3.38. The summed E-state index contributed by atoms with van der Waals surface area (Å²) < 4.78 is 0. The molecule has 0 aromatic rings. The monoisotopic (exact) mass is 238 g/mol. The van der Waals surface area contributed by atoms with Crippen LogP contribution >= 0.6 is 0 Å². The molecule has 2 heteroatoms. The lowest BCUT2D eigenvalue weighted by molar-refractivity contribution is 0.113. The van der Waals surface area contributed by atoms with Gasteiger partial charge in [0.05, 0.1) is 0 Å². The highest BCUT2D eigenvalue weighted by Crippen LogP contribution is 2.32. The van der Waals surface area contributed by atoms with Gasteiger partial charge in [0.2, 0.25) is 0 Å². The molecule has 1 saturated carbocycles. The van der Waals surface area contributed by atoms with Crippen molar-refractivity contribution in [1.82, 2.24) is 10.2 Å². The van der Waals surface area contributed by atoms with Gasteiger partial charge in [0.1, 0.15) is 0 Å². The van der Waals surface area contributed by atoms with E-state index >= 15 is 0 Å². The predicted molar refractivity (Wildman–Crippen MR) is 74.2 cm³/mol. The van der Waals surface area contributed by atoms with Gasteiger partial charge >= 0.3 is 0 Å². The molecule has 1 saturated heterocycles. The normalized spacial score (nSPS) is 36.4. The molecule has 0 aromatic carbocycles. The highest BCUT2D eigenvalue weighted by Gasteiger charge is 2.31. The van der Waals surface area contributed by atoms with E-state index in [0.29, 0.717) is 11.5 Å². The zero-order valence-corrected chi connectivity index (χ0v) is 12.1. The lowest BCUT2D eigenvalue weighted by atomic mass is 9.85. The maximum absolute atomic E-state index is 3.68. The summed E-state index contributed by atoms with van der Waals surface area (Å²) in [5.74, 6) is 1.92. The SMILES string of the molecule is CC1CCCC1CN1CCNC(C(C)(C)C)C1. The molecule has 1 N–H and O–H groups in total. The van der Waals surface area contributed by atoms with Crippen molar-refractivity contribution in [2.24, 2.45) is 17.3 Å². The van der Waals surface area contributed by atoms with Crippen LogP contribution in [0.5, 0.6) is 0 Å². The Bertz CT molecular complexity index is 242. The summed E-state index contributed by atoms with van der Waals surface area (Å²) in [6.07, 6.45) is 4.38. The Balaban J connectivity index is 1.85. The zero-order valence-electron chi connectivity index (χ0n) is 12.1. The number of hydrogen-bond acceptors (Lipinski definition) is 2. The second kappa shape index (κ2) is 5.27. The second-order valence-corrected chi connectivity index (χ2v) is 7.30. The Labute approximate surface area is 107 Å². The first-order valence-corrected chi connectivity index (χ1v) is 7.42. The summed E-state index contributed by atoms with van der Waals surface area (Å²) in [6, 6.07) is 0.660. The first kappa shape index (κ1) is 13.4. The van der Waals surface area contributed by atoms with E-state index in [9.17, 15) is 0 Å². The molecule has 2 fully saturated rings. The van der Waals surface area contributed by atoms with Gasteiger partial charge in [-0.2, -0.15) is 0 Å². The molecule has 0 bridgehead atoms. The van der Waals surface area contributed by atoms with Crippen LogP contribution in [0.15, 0.2) is 0 Å². The van der Waals surface area contributed by atoms with Crippen LogP contribution in [0, 0.1) is 17.3 Å². The van der Waals surface area contributed by atoms with E-state index in [1.807, 2.05) is 0 Å². The first-order chi connectivity index (χ1) is 7.97. The number of nitrogens with one attached hydrogen (secondary N) is 1. The van der Waals surface area contributed by atoms with Crippen LogP contribution in [0.4, 0.5) is 0 Å². The molecule has 0 aromatic heterocycles. The lowest BCUT2D eigenvalue weighted by Gasteiger charge is -2.41. The maximum Gasteiger partial charge on any atom is 0.0244 e. The molecule has 1 heterocycles. The predicted octanol–water partition coefficient (Wildman–Crippen LogP) is 2.74. The van der Waals surface area contributed by atoms with E-state index in [-0.39, 0.29) is 0 Å². The smallest absolute Gasteiger partial charge is 0.0244 e. The molecule has 2 rings (SSSR count). The molecule has 17 heavy (non-hydrogen) atoms. The second-order valence-electron chi connectivity index (χ2n) is 7.30. The number of hydrogen-bond donors (Lipinski definition) is 1. The van der Waals surface area contributed by atoms with Gasteiger partial charge in [0.15, 0.2) is 0 Å². The molecule has 3 unspecified atom stereocenters. The average molecular weight is 238 g/mol. The fourth-order valence-corrected chi connectivity index (χ4v) is 3.38. The van der Waals surface area contributed by atoms with Crippen molar-refractivity contribution in [2.45, 2.75) is 53.0 Å². The molecule has 1 aliphatic carbocycles. The van der Waals surface area contributed by atoms with Gasteiger partial charge in [0, 0.05) is 32.2 Å². The Morgan fingerprint density at radius 1 is 1.24 bits per heavy atom. The highest BCUT2D eigenvalue weighted by atomic mass is 15.2. The van der Waals surface area contributed by atoms with Gasteiger partial charge < -0.3 is 10.2 Å². The highest BCUT2D eigenvalue weighted by molar-refractivity contribution is 4.89. The van der Waals surface area contributed by atoms with Crippen LogP contribution in [-0.4, -0.2) is 37.1 Å². The van der Waals surface area contributed by atoms with Gasteiger partial charge in [-0.05, 0) is 23.7 Å². The first-order valence-electron chi connectivity index (χ1n) is 7.42. The quantitative estimate of drug-likeness (QED) is 0.796. The van der Waals surface area contributed by atoms with Crippen LogP contribution in [0.1, 0.15) is 47.0 Å². The molecule has 0 amide bonds. The average Bonchev–Trinajstić information content (AvgIpc) is 2.64. The summed E-state index contributed by atoms with van der Waals surface area (Å²) >= 11 is 0. The van der Waals surface area contributed by atoms with Crippen LogP contribution in [0.2, 0.25) is 0 Å². The van der Waals surface area contributed by atoms with E-state index < -0.39 is 0 Å². The standard InChI is InChI=1S/C15H30N2/c1-12-6-5-7-13(12)10-17-9-8-16-14(11-17)15(2,3)4/h12-14,16H,5-11H2,1-4H3. The minimum Gasteiger partial charge on any atom is -0.311 e. The van der Waals surface area contributed by atoms with Crippen molar-refractivity contribution in [2.75, 3.05) is 26.2 Å². The number of nitrogens with zero attached hydrogens (tertiary/aromatic N) is 1. The molecule has 2 aliphatic rings. The van der Waals surface area contributed by atoms with Gasteiger partial charge in [-0.15, -0.1) is 0 Å². The van der Waals surface area contributed by atoms with Crippen molar-refractivity contribution in [3.05, 3.63) is 0 Å². The third-order valence-corrected chi connectivity index (χ3v) is 4.84. The summed E-state index contributed by atoms with van der Waals surface area (Å²) in [4.78, 5) is 2.71. The molecule has 100 valence electrons. The van der Waals surface area contributed by atoms with E-state index in [1.165, 1.54) is 45.4 Å². The summed E-state index contributed by atoms with van der Waals surface area (Å²) in [7, 11) is 0. The molecular weight excluding hydrogens is 208 g/mol. The van der Waals surface area contributed by atoms with Gasteiger partial charge in [-0.1, -0.05) is 40.5 Å². The van der Waals surface area contributed by atoms with Crippen LogP contribution < -0.4 is 5.32 Å². The molecular formula is C15H30N2.